The van der Waals surface area contributed by atoms with Gasteiger partial charge in [0, 0.05) is 25.0 Å². The fourth-order valence-electron chi connectivity index (χ4n) is 4.80. The highest BCUT2D eigenvalue weighted by Gasteiger charge is 2.53. The van der Waals surface area contributed by atoms with E-state index in [0.717, 1.165) is 32.5 Å². The predicted molar refractivity (Wildman–Crippen MR) is 110 cm³/mol. The van der Waals surface area contributed by atoms with Gasteiger partial charge in [0.2, 0.25) is 5.91 Å². The molecule has 0 bridgehead atoms. The van der Waals surface area contributed by atoms with E-state index in [2.05, 4.69) is 54.4 Å². The van der Waals surface area contributed by atoms with Crippen molar-refractivity contribution in [2.45, 2.75) is 58.1 Å². The van der Waals surface area contributed by atoms with Crippen LogP contribution < -0.4 is 5.32 Å². The summed E-state index contributed by atoms with van der Waals surface area (Å²) in [6.07, 6.45) is 4.31. The lowest BCUT2D eigenvalue weighted by molar-refractivity contribution is -0.126. The van der Waals surface area contributed by atoms with Crippen molar-refractivity contribution >= 4 is 5.91 Å². The van der Waals surface area contributed by atoms with Gasteiger partial charge in [-0.25, -0.2) is 0 Å². The fourth-order valence-corrected chi connectivity index (χ4v) is 4.80. The Balaban J connectivity index is 1.88. The van der Waals surface area contributed by atoms with Crippen molar-refractivity contribution in [2.75, 3.05) is 26.7 Å². The summed E-state index contributed by atoms with van der Waals surface area (Å²) in [5.41, 5.74) is 4.01. The number of amides is 1. The molecule has 1 aromatic carbocycles. The van der Waals surface area contributed by atoms with Crippen molar-refractivity contribution in [3.63, 3.8) is 0 Å². The van der Waals surface area contributed by atoms with E-state index in [1.165, 1.54) is 16.7 Å². The number of fused-ring (bicyclic) bond motifs is 2. The maximum Gasteiger partial charge on any atom is 0.223 e. The number of methoxy groups -OCH3 is 1. The molecule has 0 radical (unpaired) electrons. The van der Waals surface area contributed by atoms with E-state index in [1.54, 1.807) is 7.11 Å². The molecule has 148 valence electrons. The third-order valence-electron chi connectivity index (χ3n) is 6.47. The van der Waals surface area contributed by atoms with Crippen molar-refractivity contribution in [3.8, 4) is 0 Å². The zero-order chi connectivity index (χ0) is 19.6. The molecular formula is C23H34N2O2. The van der Waals surface area contributed by atoms with E-state index < -0.39 is 0 Å². The van der Waals surface area contributed by atoms with Gasteiger partial charge in [-0.3, -0.25) is 9.69 Å². The topological polar surface area (TPSA) is 41.6 Å². The van der Waals surface area contributed by atoms with Gasteiger partial charge >= 0.3 is 0 Å². The monoisotopic (exact) mass is 370 g/mol. The lowest BCUT2D eigenvalue weighted by Gasteiger charge is -2.44. The van der Waals surface area contributed by atoms with Crippen LogP contribution in [0.3, 0.4) is 0 Å². The molecule has 1 spiro atoms. The quantitative estimate of drug-likeness (QED) is 0.801. The highest BCUT2D eigenvalue weighted by Crippen LogP contribution is 2.52. The van der Waals surface area contributed by atoms with Crippen LogP contribution in [-0.2, 0) is 14.9 Å². The number of hydrogen-bond acceptors (Lipinski definition) is 3. The number of piperidine rings is 1. The zero-order valence-electron chi connectivity index (χ0n) is 17.4. The predicted octanol–water partition coefficient (Wildman–Crippen LogP) is 3.83. The molecule has 0 aromatic heterocycles. The minimum absolute atomic E-state index is 0.0115. The SMILES string of the molecule is C/C=C(\C)CN1CCC2(CC1)c1ccccc1[C@@H](NC(=O)C(C)C)[C@@H]2OC. The van der Waals surface area contributed by atoms with Gasteiger partial charge in [-0.15, -0.1) is 0 Å². The Morgan fingerprint density at radius 1 is 1.33 bits per heavy atom. The highest BCUT2D eigenvalue weighted by atomic mass is 16.5. The minimum Gasteiger partial charge on any atom is -0.378 e. The van der Waals surface area contributed by atoms with Crippen LogP contribution in [0.5, 0.6) is 0 Å². The van der Waals surface area contributed by atoms with E-state index >= 15 is 0 Å². The number of nitrogens with one attached hydrogen (secondary N) is 1. The molecule has 1 N–H and O–H groups in total. The highest BCUT2D eigenvalue weighted by molar-refractivity contribution is 5.78. The number of allylic oxidation sites excluding steroid dienone is 1. The summed E-state index contributed by atoms with van der Waals surface area (Å²) in [7, 11) is 1.79. The Morgan fingerprint density at radius 2 is 2.00 bits per heavy atom. The summed E-state index contributed by atoms with van der Waals surface area (Å²) < 4.78 is 6.07. The number of nitrogens with zero attached hydrogens (tertiary/aromatic N) is 1. The first kappa shape index (κ1) is 20.1. The van der Waals surface area contributed by atoms with Crippen molar-refractivity contribution < 1.29 is 9.53 Å². The second-order valence-electron chi connectivity index (χ2n) is 8.45. The molecular weight excluding hydrogens is 336 g/mol. The second-order valence-corrected chi connectivity index (χ2v) is 8.45. The Labute approximate surface area is 164 Å². The van der Waals surface area contributed by atoms with Gasteiger partial charge in [-0.2, -0.15) is 0 Å². The van der Waals surface area contributed by atoms with Crippen LogP contribution in [0, 0.1) is 5.92 Å². The summed E-state index contributed by atoms with van der Waals surface area (Å²) in [6.45, 7) is 11.3. The van der Waals surface area contributed by atoms with Crippen molar-refractivity contribution in [1.82, 2.24) is 10.2 Å². The number of likely N-dealkylation sites (tertiary alicyclic amines) is 1. The maximum absolute atomic E-state index is 12.5. The molecule has 1 fully saturated rings. The summed E-state index contributed by atoms with van der Waals surface area (Å²) in [5.74, 6) is 0.0620. The third-order valence-corrected chi connectivity index (χ3v) is 6.47. The van der Waals surface area contributed by atoms with Gasteiger partial charge in [0.25, 0.3) is 0 Å². The van der Waals surface area contributed by atoms with Crippen LogP contribution in [0.4, 0.5) is 0 Å². The molecule has 0 unspecified atom stereocenters. The molecule has 3 rings (SSSR count). The number of ether oxygens (including phenoxy) is 1. The first-order valence-corrected chi connectivity index (χ1v) is 10.2. The Morgan fingerprint density at radius 3 is 2.59 bits per heavy atom. The summed E-state index contributed by atoms with van der Waals surface area (Å²) >= 11 is 0. The van der Waals surface area contributed by atoms with Crippen molar-refractivity contribution in [3.05, 3.63) is 47.0 Å². The smallest absolute Gasteiger partial charge is 0.223 e. The lowest BCUT2D eigenvalue weighted by atomic mass is 9.71. The molecule has 1 saturated heterocycles. The average Bonchev–Trinajstić information content (AvgIpc) is 2.92. The molecule has 2 aliphatic rings. The van der Waals surface area contributed by atoms with Crippen LogP contribution in [0.1, 0.15) is 57.7 Å². The first-order chi connectivity index (χ1) is 12.9. The van der Waals surface area contributed by atoms with Crippen LogP contribution in [0.25, 0.3) is 0 Å². The number of hydrogen-bond donors (Lipinski definition) is 1. The van der Waals surface area contributed by atoms with Crippen molar-refractivity contribution in [2.24, 2.45) is 5.92 Å². The third kappa shape index (κ3) is 3.70. The molecule has 0 saturated carbocycles. The second kappa shape index (κ2) is 8.15. The average molecular weight is 371 g/mol. The zero-order valence-corrected chi connectivity index (χ0v) is 17.4. The van der Waals surface area contributed by atoms with Crippen molar-refractivity contribution in [1.29, 1.82) is 0 Å². The molecule has 2 atom stereocenters. The van der Waals surface area contributed by atoms with Gasteiger partial charge in [0.15, 0.2) is 0 Å². The largest absolute Gasteiger partial charge is 0.378 e. The molecule has 1 aliphatic heterocycles. The molecule has 1 aliphatic carbocycles. The first-order valence-electron chi connectivity index (χ1n) is 10.2. The van der Waals surface area contributed by atoms with E-state index in [1.807, 2.05) is 13.8 Å². The number of rotatable bonds is 5. The van der Waals surface area contributed by atoms with Gasteiger partial charge in [0.1, 0.15) is 0 Å². The number of benzene rings is 1. The molecule has 1 aromatic rings. The molecule has 1 amide bonds. The maximum atomic E-state index is 12.5. The van der Waals surface area contributed by atoms with Gasteiger partial charge < -0.3 is 10.1 Å². The molecule has 27 heavy (non-hydrogen) atoms. The standard InChI is InChI=1S/C23H34N2O2/c1-6-17(4)15-25-13-11-23(12-14-25)19-10-8-7-9-18(19)20(21(23)27-5)24-22(26)16(2)3/h6-10,16,20-21H,11-15H2,1-5H3,(H,24,26)/b17-6+/t20-,21+/m1/s1. The normalized spacial score (nSPS) is 25.0. The van der Waals surface area contributed by atoms with Crippen LogP contribution in [0.15, 0.2) is 35.9 Å². The summed E-state index contributed by atoms with van der Waals surface area (Å²) in [4.78, 5) is 15.0. The van der Waals surface area contributed by atoms with E-state index in [9.17, 15) is 4.79 Å². The van der Waals surface area contributed by atoms with Gasteiger partial charge in [-0.1, -0.05) is 49.8 Å². The summed E-state index contributed by atoms with van der Waals surface area (Å²) in [5, 5.41) is 3.27. The minimum atomic E-state index is -0.0649. The van der Waals surface area contributed by atoms with Gasteiger partial charge in [0.05, 0.1) is 12.1 Å². The molecule has 1 heterocycles. The van der Waals surface area contributed by atoms with Gasteiger partial charge in [-0.05, 0) is 50.9 Å². The van der Waals surface area contributed by atoms with E-state index in [-0.39, 0.29) is 29.4 Å². The number of carbonyl (C=O) groups excluding carboxylic acids is 1. The summed E-state index contributed by atoms with van der Waals surface area (Å²) in [6, 6.07) is 8.54. The lowest BCUT2D eigenvalue weighted by Crippen LogP contribution is -2.51. The van der Waals surface area contributed by atoms with E-state index in [4.69, 9.17) is 4.74 Å². The fraction of sp³-hybridized carbons (Fsp3) is 0.609. The number of carbonyl (C=O) groups is 1. The Bertz CT molecular complexity index is 702. The van der Waals surface area contributed by atoms with Crippen LogP contribution >= 0.6 is 0 Å². The molecule has 4 nitrogen and oxygen atoms in total. The molecule has 4 heteroatoms. The van der Waals surface area contributed by atoms with Crippen LogP contribution in [0.2, 0.25) is 0 Å². The Hall–Kier alpha value is -1.65. The van der Waals surface area contributed by atoms with E-state index in [0.29, 0.717) is 0 Å². The van der Waals surface area contributed by atoms with Crippen LogP contribution in [-0.4, -0.2) is 43.7 Å². The Kier molecular flexibility index (Phi) is 6.07.